The zero-order valence-electron chi connectivity index (χ0n) is 5.32. The van der Waals surface area contributed by atoms with Crippen molar-refractivity contribution in [2.45, 2.75) is 31.0 Å². The van der Waals surface area contributed by atoms with Gasteiger partial charge in [-0.15, -0.1) is 0 Å². The van der Waals surface area contributed by atoms with Crippen LogP contribution in [0.3, 0.4) is 0 Å². The van der Waals surface area contributed by atoms with E-state index in [4.69, 9.17) is 0 Å². The molecule has 44 valence electrons. The molecule has 0 rings (SSSR count). The van der Waals surface area contributed by atoms with Crippen molar-refractivity contribution >= 4 is 24.1 Å². The third kappa shape index (κ3) is 6.74. The summed E-state index contributed by atoms with van der Waals surface area (Å²) in [6.07, 6.45) is 0. The van der Waals surface area contributed by atoms with Gasteiger partial charge < -0.3 is 0 Å². The summed E-state index contributed by atoms with van der Waals surface area (Å²) in [5.74, 6) is 0. The Hall–Kier alpha value is 0.736. The number of hydrogen-bond donors (Lipinski definition) is 0. The Morgan fingerprint density at radius 3 is 1.71 bits per heavy atom. The molecule has 0 aromatic heterocycles. The van der Waals surface area contributed by atoms with Crippen LogP contribution in [0.25, 0.3) is 0 Å². The van der Waals surface area contributed by atoms with E-state index in [0.717, 1.165) is 0 Å². The first-order valence-electron chi connectivity index (χ1n) is 2.64. The summed E-state index contributed by atoms with van der Waals surface area (Å²) in [4.78, 5) is 0. The van der Waals surface area contributed by atoms with Crippen molar-refractivity contribution in [2.24, 2.45) is 0 Å². The minimum absolute atomic E-state index is 0.688. The van der Waals surface area contributed by atoms with Crippen molar-refractivity contribution in [3.63, 3.8) is 0 Å². The molecule has 0 unspecified atom stereocenters. The topological polar surface area (TPSA) is 0 Å². The molecule has 7 heavy (non-hydrogen) atoms. The molecule has 2 heteroatoms. The van der Waals surface area contributed by atoms with Crippen LogP contribution in [0.15, 0.2) is 0 Å². The van der Waals surface area contributed by atoms with Gasteiger partial charge in [0.15, 0.2) is 0 Å². The molecule has 0 fully saturated rings. The van der Waals surface area contributed by atoms with Crippen LogP contribution in [0.4, 0.5) is 0 Å². The van der Waals surface area contributed by atoms with E-state index in [0.29, 0.717) is 0 Å². The summed E-state index contributed by atoms with van der Waals surface area (Å²) in [5.41, 5.74) is 0. The summed E-state index contributed by atoms with van der Waals surface area (Å²) in [6.45, 7) is 7.18. The van der Waals surface area contributed by atoms with Gasteiger partial charge in [0.1, 0.15) is 0 Å². The molecule has 0 atom stereocenters. The van der Waals surface area contributed by atoms with Gasteiger partial charge in [0, 0.05) is 0 Å². The third-order valence-corrected chi connectivity index (χ3v) is 3.84. The molecule has 0 aliphatic heterocycles. The Kier molecular flexibility index (Phi) is 3.21. The molecular formula is C5H13SeSi-. The van der Waals surface area contributed by atoms with Crippen molar-refractivity contribution in [2.75, 3.05) is 0 Å². The van der Waals surface area contributed by atoms with Gasteiger partial charge in [-0.1, -0.05) is 0 Å². The quantitative estimate of drug-likeness (QED) is 0.569. The van der Waals surface area contributed by atoms with Crippen molar-refractivity contribution in [3.05, 3.63) is 0 Å². The fraction of sp³-hybridized carbons (Fsp3) is 1.00. The zero-order valence-corrected chi connectivity index (χ0v) is 8.04. The Morgan fingerprint density at radius 1 is 1.29 bits per heavy atom. The Balaban J connectivity index is 3.15. The standard InChI is InChI=1S/C5H14SeSi/c1-7(2,3)5-4-6/h6H,4-5H2,1-3H3/p-1. The molecule has 0 aromatic carbocycles. The van der Waals surface area contributed by atoms with E-state index in [2.05, 4.69) is 35.7 Å². The first-order valence-corrected chi connectivity index (χ1v) is 7.56. The monoisotopic (exact) mass is 181 g/mol. The van der Waals surface area contributed by atoms with Gasteiger partial charge in [-0.2, -0.15) is 0 Å². The normalized spacial score (nSPS) is 12.0. The average molecular weight is 180 g/mol. The molecule has 0 aromatic rings. The molecule has 0 amide bonds. The maximum absolute atomic E-state index is 3.03. The van der Waals surface area contributed by atoms with Gasteiger partial charge in [0.2, 0.25) is 0 Å². The van der Waals surface area contributed by atoms with Crippen LogP contribution in [0.2, 0.25) is 31.0 Å². The Bertz CT molecular complexity index is 46.5. The second kappa shape index (κ2) is 2.90. The zero-order chi connectivity index (χ0) is 5.91. The molecule has 0 heterocycles. The molecule has 0 spiro atoms. The van der Waals surface area contributed by atoms with Gasteiger partial charge in [-0.3, -0.25) is 0 Å². The van der Waals surface area contributed by atoms with Crippen molar-refractivity contribution in [1.82, 2.24) is 0 Å². The van der Waals surface area contributed by atoms with Crippen LogP contribution in [0, 0.1) is 0 Å². The van der Waals surface area contributed by atoms with Crippen molar-refractivity contribution in [3.8, 4) is 0 Å². The predicted octanol–water partition coefficient (Wildman–Crippen LogP) is 1.91. The van der Waals surface area contributed by atoms with Crippen LogP contribution in [0.5, 0.6) is 0 Å². The van der Waals surface area contributed by atoms with Gasteiger partial charge in [0.05, 0.1) is 0 Å². The fourth-order valence-corrected chi connectivity index (χ4v) is 4.77. The van der Waals surface area contributed by atoms with Crippen molar-refractivity contribution in [1.29, 1.82) is 0 Å². The number of hydrogen-bond acceptors (Lipinski definition) is 0. The van der Waals surface area contributed by atoms with E-state index in [1.54, 1.807) is 0 Å². The Morgan fingerprint density at radius 2 is 1.71 bits per heavy atom. The summed E-state index contributed by atoms with van der Waals surface area (Å²) in [7, 11) is -0.688. The van der Waals surface area contributed by atoms with Crippen LogP contribution >= 0.6 is 0 Å². The summed E-state index contributed by atoms with van der Waals surface area (Å²) in [6, 6.07) is 1.42. The third-order valence-electron chi connectivity index (χ3n) is 0.852. The second-order valence-corrected chi connectivity index (χ2v) is 9.49. The summed E-state index contributed by atoms with van der Waals surface area (Å²) >= 11 is 3.03. The van der Waals surface area contributed by atoms with Gasteiger partial charge in [-0.25, -0.2) is 0 Å². The van der Waals surface area contributed by atoms with E-state index in [-0.39, 0.29) is 0 Å². The molecule has 0 nitrogen and oxygen atoms in total. The predicted molar refractivity (Wildman–Crippen MR) is 38.7 cm³/mol. The van der Waals surface area contributed by atoms with Crippen LogP contribution in [-0.4, -0.2) is 24.1 Å². The molecule has 0 saturated heterocycles. The first-order chi connectivity index (χ1) is 3.06. The van der Waals surface area contributed by atoms with Gasteiger partial charge in [0.25, 0.3) is 0 Å². The number of rotatable bonds is 2. The SMILES string of the molecule is C[Si](C)(C)CC[Se-]. The van der Waals surface area contributed by atoms with Crippen molar-refractivity contribution < 1.29 is 0 Å². The van der Waals surface area contributed by atoms with E-state index in [1.807, 2.05) is 0 Å². The van der Waals surface area contributed by atoms with E-state index in [9.17, 15) is 0 Å². The van der Waals surface area contributed by atoms with Gasteiger partial charge >= 0.3 is 55.1 Å². The first kappa shape index (κ1) is 7.74. The average Bonchev–Trinajstić information content (AvgIpc) is 1.30. The second-order valence-electron chi connectivity index (χ2n) is 3.01. The van der Waals surface area contributed by atoms with E-state index < -0.39 is 8.07 Å². The molecule has 0 N–H and O–H groups in total. The molecule has 0 aliphatic carbocycles. The summed E-state index contributed by atoms with van der Waals surface area (Å²) in [5, 5.41) is 1.25. The molecule has 0 saturated carbocycles. The molecular weight excluding hydrogens is 167 g/mol. The Labute approximate surface area is 55.5 Å². The fourth-order valence-electron chi connectivity index (χ4n) is 0.306. The maximum atomic E-state index is 3.03. The van der Waals surface area contributed by atoms with Crippen LogP contribution < -0.4 is 0 Å². The van der Waals surface area contributed by atoms with E-state index in [1.165, 1.54) is 11.4 Å². The minimum atomic E-state index is -0.688. The molecule has 0 radical (unpaired) electrons. The van der Waals surface area contributed by atoms with Gasteiger partial charge in [-0.05, 0) is 0 Å². The summed E-state index contributed by atoms with van der Waals surface area (Å²) < 4.78 is 0. The van der Waals surface area contributed by atoms with E-state index >= 15 is 0 Å². The molecule has 0 bridgehead atoms. The van der Waals surface area contributed by atoms with Crippen LogP contribution in [-0.2, 0) is 0 Å². The van der Waals surface area contributed by atoms with Crippen LogP contribution in [0.1, 0.15) is 0 Å². The molecule has 0 aliphatic rings.